The Morgan fingerprint density at radius 1 is 1.12 bits per heavy atom. The number of anilines is 1. The van der Waals surface area contributed by atoms with Gasteiger partial charge in [-0.3, -0.25) is 4.79 Å². The molecule has 0 spiro atoms. The third-order valence-corrected chi connectivity index (χ3v) is 6.16. The number of carboxylic acid groups (broad SMARTS) is 1. The molecule has 1 aliphatic heterocycles. The van der Waals surface area contributed by atoms with Gasteiger partial charge < -0.3 is 20.1 Å². The minimum absolute atomic E-state index is 0.0681. The fraction of sp³-hybridized carbons (Fsp3) is 0.481. The van der Waals surface area contributed by atoms with E-state index in [0.29, 0.717) is 24.8 Å². The van der Waals surface area contributed by atoms with Crippen molar-refractivity contribution in [3.8, 4) is 5.75 Å². The van der Waals surface area contributed by atoms with Gasteiger partial charge in [-0.1, -0.05) is 31.2 Å². The Kier molecular flexibility index (Phi) is 9.16. The third-order valence-electron chi connectivity index (χ3n) is 6.16. The van der Waals surface area contributed by atoms with E-state index in [2.05, 4.69) is 41.4 Å². The van der Waals surface area contributed by atoms with Gasteiger partial charge in [-0.05, 0) is 74.3 Å². The molecule has 1 fully saturated rings. The van der Waals surface area contributed by atoms with Crippen LogP contribution in [-0.2, 0) is 17.6 Å². The molecule has 1 amide bonds. The highest BCUT2D eigenvalue weighted by Crippen LogP contribution is 2.27. The van der Waals surface area contributed by atoms with Gasteiger partial charge in [-0.2, -0.15) is 0 Å². The minimum Gasteiger partial charge on any atom is -0.493 e. The molecular weight excluding hydrogens is 416 g/mol. The van der Waals surface area contributed by atoms with Gasteiger partial charge in [-0.15, -0.1) is 0 Å². The summed E-state index contributed by atoms with van der Waals surface area (Å²) in [5, 5.41) is 12.3. The largest absolute Gasteiger partial charge is 0.493 e. The van der Waals surface area contributed by atoms with Crippen LogP contribution in [0.2, 0.25) is 0 Å². The van der Waals surface area contributed by atoms with Gasteiger partial charge in [0.25, 0.3) is 0 Å². The number of aromatic carboxylic acids is 1. The highest BCUT2D eigenvalue weighted by atomic mass is 16.5. The Balaban J connectivity index is 1.48. The van der Waals surface area contributed by atoms with Crippen molar-refractivity contribution in [1.82, 2.24) is 5.32 Å². The first kappa shape index (κ1) is 24.6. The Morgan fingerprint density at radius 3 is 2.61 bits per heavy atom. The summed E-state index contributed by atoms with van der Waals surface area (Å²) in [7, 11) is 0. The number of hydrogen-bond donors (Lipinski definition) is 2. The summed E-state index contributed by atoms with van der Waals surface area (Å²) in [4.78, 5) is 26.3. The third kappa shape index (κ3) is 7.24. The molecule has 1 heterocycles. The van der Waals surface area contributed by atoms with Crippen LogP contribution >= 0.6 is 0 Å². The molecule has 33 heavy (non-hydrogen) atoms. The zero-order chi connectivity index (χ0) is 23.6. The molecule has 2 N–H and O–H groups in total. The lowest BCUT2D eigenvalue weighted by molar-refractivity contribution is -0.120. The molecule has 1 atom stereocenters. The lowest BCUT2D eigenvalue weighted by Gasteiger charge is -2.31. The number of carbonyl (C=O) groups is 2. The zero-order valence-corrected chi connectivity index (χ0v) is 19.8. The topological polar surface area (TPSA) is 78.9 Å². The van der Waals surface area contributed by atoms with Gasteiger partial charge in [0.15, 0.2) is 0 Å². The second-order valence-electron chi connectivity index (χ2n) is 8.87. The molecule has 2 aromatic rings. The van der Waals surface area contributed by atoms with E-state index < -0.39 is 5.97 Å². The van der Waals surface area contributed by atoms with E-state index in [-0.39, 0.29) is 17.9 Å². The standard InChI is InChI=1S/C27H36N2O4/c1-3-33-25-18-21(11-12-23(25)27(31)32)19-26(30)28-14-13-20(2)17-22-9-5-6-10-24(22)29-15-7-4-8-16-29/h5-6,9-12,18,20H,3-4,7-8,13-17,19H2,1-2H3,(H,28,30)(H,31,32). The second-order valence-corrected chi connectivity index (χ2v) is 8.87. The molecule has 6 heteroatoms. The molecule has 3 rings (SSSR count). The van der Waals surface area contributed by atoms with Crippen molar-refractivity contribution < 1.29 is 19.4 Å². The van der Waals surface area contributed by atoms with E-state index in [1.807, 2.05) is 0 Å². The van der Waals surface area contributed by atoms with Crippen LogP contribution in [0.4, 0.5) is 5.69 Å². The average Bonchev–Trinajstić information content (AvgIpc) is 2.80. The van der Waals surface area contributed by atoms with Crippen molar-refractivity contribution >= 4 is 17.6 Å². The van der Waals surface area contributed by atoms with E-state index in [0.717, 1.165) is 31.5 Å². The Bertz CT molecular complexity index is 937. The van der Waals surface area contributed by atoms with Crippen molar-refractivity contribution in [2.45, 2.75) is 52.4 Å². The van der Waals surface area contributed by atoms with Crippen LogP contribution in [0.3, 0.4) is 0 Å². The molecule has 1 unspecified atom stereocenters. The number of para-hydroxylation sites is 1. The molecule has 1 saturated heterocycles. The average molecular weight is 453 g/mol. The van der Waals surface area contributed by atoms with E-state index in [1.54, 1.807) is 19.1 Å². The predicted molar refractivity (Wildman–Crippen MR) is 131 cm³/mol. The summed E-state index contributed by atoms with van der Waals surface area (Å²) in [6.45, 7) is 7.31. The highest BCUT2D eigenvalue weighted by Gasteiger charge is 2.16. The maximum absolute atomic E-state index is 12.4. The Labute approximate surface area is 196 Å². The highest BCUT2D eigenvalue weighted by molar-refractivity contribution is 5.91. The summed E-state index contributed by atoms with van der Waals surface area (Å²) < 4.78 is 5.43. The number of hydrogen-bond acceptors (Lipinski definition) is 4. The zero-order valence-electron chi connectivity index (χ0n) is 19.8. The lowest BCUT2D eigenvalue weighted by Crippen LogP contribution is -2.30. The van der Waals surface area contributed by atoms with Crippen molar-refractivity contribution in [1.29, 1.82) is 0 Å². The number of ether oxygens (including phenoxy) is 1. The van der Waals surface area contributed by atoms with E-state index in [9.17, 15) is 14.7 Å². The van der Waals surface area contributed by atoms with E-state index in [4.69, 9.17) is 4.74 Å². The predicted octanol–water partition coefficient (Wildman–Crippen LogP) is 4.70. The van der Waals surface area contributed by atoms with Crippen molar-refractivity contribution in [2.24, 2.45) is 5.92 Å². The smallest absolute Gasteiger partial charge is 0.339 e. The number of nitrogens with one attached hydrogen (secondary N) is 1. The van der Waals surface area contributed by atoms with Gasteiger partial charge >= 0.3 is 5.97 Å². The number of piperidine rings is 1. The van der Waals surface area contributed by atoms with Crippen LogP contribution in [0, 0.1) is 5.92 Å². The van der Waals surface area contributed by atoms with Gasteiger partial charge in [0.05, 0.1) is 13.0 Å². The van der Waals surface area contributed by atoms with Gasteiger partial charge in [0.2, 0.25) is 5.91 Å². The Morgan fingerprint density at radius 2 is 1.88 bits per heavy atom. The molecule has 2 aromatic carbocycles. The molecule has 0 radical (unpaired) electrons. The second kappa shape index (κ2) is 12.3. The SMILES string of the molecule is CCOc1cc(CC(=O)NCCC(C)Cc2ccccc2N2CCCCC2)ccc1C(=O)O. The van der Waals surface area contributed by atoms with Crippen LogP contribution in [0.5, 0.6) is 5.75 Å². The number of carboxylic acids is 1. The molecular formula is C27H36N2O4. The first-order chi connectivity index (χ1) is 16.0. The monoisotopic (exact) mass is 452 g/mol. The summed E-state index contributed by atoms with van der Waals surface area (Å²) >= 11 is 0. The molecule has 178 valence electrons. The fourth-order valence-corrected chi connectivity index (χ4v) is 4.44. The summed E-state index contributed by atoms with van der Waals surface area (Å²) in [5.41, 5.74) is 3.60. The number of nitrogens with zero attached hydrogens (tertiary/aromatic N) is 1. The lowest BCUT2D eigenvalue weighted by atomic mass is 9.95. The van der Waals surface area contributed by atoms with E-state index >= 15 is 0 Å². The molecule has 1 aliphatic rings. The number of rotatable bonds is 11. The number of carbonyl (C=O) groups excluding carboxylic acids is 1. The fourth-order valence-electron chi connectivity index (χ4n) is 4.44. The number of amides is 1. The molecule has 0 aromatic heterocycles. The number of benzene rings is 2. The quantitative estimate of drug-likeness (QED) is 0.517. The summed E-state index contributed by atoms with van der Waals surface area (Å²) in [6.07, 6.45) is 5.96. The normalized spacial score (nSPS) is 14.5. The van der Waals surface area contributed by atoms with Crippen LogP contribution in [0.1, 0.15) is 61.0 Å². The molecule has 0 saturated carbocycles. The summed E-state index contributed by atoms with van der Waals surface area (Å²) in [5.74, 6) is -0.348. The van der Waals surface area contributed by atoms with Crippen LogP contribution < -0.4 is 15.0 Å². The van der Waals surface area contributed by atoms with Crippen LogP contribution in [0.15, 0.2) is 42.5 Å². The first-order valence-electron chi connectivity index (χ1n) is 12.1. The van der Waals surface area contributed by atoms with Crippen molar-refractivity contribution in [2.75, 3.05) is 31.1 Å². The first-order valence-corrected chi connectivity index (χ1v) is 12.1. The van der Waals surface area contributed by atoms with Gasteiger partial charge in [0, 0.05) is 25.3 Å². The summed E-state index contributed by atoms with van der Waals surface area (Å²) in [6, 6.07) is 13.5. The Hall–Kier alpha value is -3.02. The van der Waals surface area contributed by atoms with Crippen LogP contribution in [0.25, 0.3) is 0 Å². The van der Waals surface area contributed by atoms with Gasteiger partial charge in [-0.25, -0.2) is 4.79 Å². The van der Waals surface area contributed by atoms with Gasteiger partial charge in [0.1, 0.15) is 11.3 Å². The molecule has 0 aliphatic carbocycles. The van der Waals surface area contributed by atoms with Crippen molar-refractivity contribution in [3.63, 3.8) is 0 Å². The maximum atomic E-state index is 12.4. The van der Waals surface area contributed by atoms with Crippen molar-refractivity contribution in [3.05, 3.63) is 59.2 Å². The minimum atomic E-state index is -1.04. The van der Waals surface area contributed by atoms with Crippen LogP contribution in [-0.4, -0.2) is 43.2 Å². The molecule has 6 nitrogen and oxygen atoms in total. The maximum Gasteiger partial charge on any atom is 0.339 e. The molecule has 0 bridgehead atoms. The van der Waals surface area contributed by atoms with E-state index in [1.165, 1.54) is 36.6 Å².